The number of H-pyrrole nitrogens is 1. The Labute approximate surface area is 175 Å². The van der Waals surface area contributed by atoms with Gasteiger partial charge in [0.1, 0.15) is 0 Å². The zero-order valence-electron chi connectivity index (χ0n) is 17.0. The number of anilines is 1. The topological polar surface area (TPSA) is 61.9 Å². The smallest absolute Gasteiger partial charge is 0.262 e. The maximum absolute atomic E-state index is 13.0. The number of aromatic nitrogens is 3. The van der Waals surface area contributed by atoms with Crippen LogP contribution in [0.25, 0.3) is 33.3 Å². The van der Waals surface area contributed by atoms with Crippen molar-refractivity contribution in [2.45, 2.75) is 19.8 Å². The van der Waals surface area contributed by atoms with E-state index in [4.69, 9.17) is 4.98 Å². The highest BCUT2D eigenvalue weighted by molar-refractivity contribution is 5.92. The summed E-state index contributed by atoms with van der Waals surface area (Å²) in [5.41, 5.74) is 4.51. The molecule has 1 fully saturated rings. The van der Waals surface area contributed by atoms with E-state index < -0.39 is 0 Å². The monoisotopic (exact) mass is 396 g/mol. The average Bonchev–Trinajstić information content (AvgIpc) is 2.80. The Balaban J connectivity index is 1.53. The lowest BCUT2D eigenvalue weighted by Gasteiger charge is -2.30. The lowest BCUT2D eigenvalue weighted by atomic mass is 9.99. The van der Waals surface area contributed by atoms with Crippen LogP contribution in [0.5, 0.6) is 0 Å². The van der Waals surface area contributed by atoms with Crippen molar-refractivity contribution < 1.29 is 0 Å². The molecule has 5 heteroatoms. The second-order valence-corrected chi connectivity index (χ2v) is 8.06. The van der Waals surface area contributed by atoms with Gasteiger partial charge in [-0.25, -0.2) is 4.98 Å². The van der Waals surface area contributed by atoms with Crippen molar-refractivity contribution in [1.29, 1.82) is 0 Å². The van der Waals surface area contributed by atoms with E-state index in [1.165, 1.54) is 5.56 Å². The van der Waals surface area contributed by atoms with Gasteiger partial charge in [-0.15, -0.1) is 0 Å². The number of benzene rings is 2. The molecular weight excluding hydrogens is 372 g/mol. The molecule has 3 heterocycles. The average molecular weight is 396 g/mol. The first-order valence-electron chi connectivity index (χ1n) is 10.5. The lowest BCUT2D eigenvalue weighted by Crippen LogP contribution is -2.35. The fraction of sp³-hybridized carbons (Fsp3) is 0.240. The molecule has 5 rings (SSSR count). The molecule has 4 aromatic rings. The van der Waals surface area contributed by atoms with Crippen LogP contribution >= 0.6 is 0 Å². The van der Waals surface area contributed by atoms with Crippen LogP contribution in [-0.4, -0.2) is 28.0 Å². The first kappa shape index (κ1) is 18.6. The number of aromatic amines is 1. The molecule has 0 radical (unpaired) electrons. The van der Waals surface area contributed by atoms with Gasteiger partial charge in [-0.1, -0.05) is 61.5 Å². The maximum Gasteiger partial charge on any atom is 0.262 e. The Morgan fingerprint density at radius 1 is 0.900 bits per heavy atom. The predicted octanol–water partition coefficient (Wildman–Crippen LogP) is 4.89. The summed E-state index contributed by atoms with van der Waals surface area (Å²) in [6.45, 7) is 4.09. The van der Waals surface area contributed by atoms with Gasteiger partial charge in [0.15, 0.2) is 5.65 Å². The van der Waals surface area contributed by atoms with Crippen LogP contribution in [0.3, 0.4) is 0 Å². The highest BCUT2D eigenvalue weighted by Gasteiger charge is 2.19. The number of pyridine rings is 1. The van der Waals surface area contributed by atoms with E-state index in [1.54, 1.807) is 6.20 Å². The highest BCUT2D eigenvalue weighted by Crippen LogP contribution is 2.28. The Morgan fingerprint density at radius 3 is 2.30 bits per heavy atom. The molecule has 30 heavy (non-hydrogen) atoms. The van der Waals surface area contributed by atoms with Gasteiger partial charge in [-0.05, 0) is 47.1 Å². The SMILES string of the molecule is CC1CCN(c2nc3nccc(-c4ccc(-c5ccccc5)cc4)c3c(=O)[nH]2)CC1. The number of nitrogens with zero attached hydrogens (tertiary/aromatic N) is 3. The van der Waals surface area contributed by atoms with Gasteiger partial charge in [0, 0.05) is 19.3 Å². The molecule has 0 saturated carbocycles. The van der Waals surface area contributed by atoms with Gasteiger partial charge in [-0.3, -0.25) is 9.78 Å². The first-order valence-corrected chi connectivity index (χ1v) is 10.5. The van der Waals surface area contributed by atoms with E-state index >= 15 is 0 Å². The van der Waals surface area contributed by atoms with Crippen LogP contribution in [0.2, 0.25) is 0 Å². The minimum Gasteiger partial charge on any atom is -0.342 e. The van der Waals surface area contributed by atoms with Crippen molar-refractivity contribution in [1.82, 2.24) is 15.0 Å². The molecule has 1 saturated heterocycles. The molecule has 2 aromatic heterocycles. The fourth-order valence-electron chi connectivity index (χ4n) is 4.14. The maximum atomic E-state index is 13.0. The van der Waals surface area contributed by atoms with Crippen LogP contribution in [0, 0.1) is 5.92 Å². The van der Waals surface area contributed by atoms with E-state index in [1.807, 2.05) is 24.3 Å². The predicted molar refractivity (Wildman–Crippen MR) is 122 cm³/mol. The molecule has 0 unspecified atom stereocenters. The molecule has 0 aliphatic carbocycles. The molecule has 150 valence electrons. The summed E-state index contributed by atoms with van der Waals surface area (Å²) in [5.74, 6) is 1.35. The number of fused-ring (bicyclic) bond motifs is 1. The summed E-state index contributed by atoms with van der Waals surface area (Å²) in [4.78, 5) is 27.3. The zero-order chi connectivity index (χ0) is 20.5. The second-order valence-electron chi connectivity index (χ2n) is 8.06. The summed E-state index contributed by atoms with van der Waals surface area (Å²) in [5, 5.41) is 0.541. The largest absolute Gasteiger partial charge is 0.342 e. The Hall–Kier alpha value is -3.47. The highest BCUT2D eigenvalue weighted by atomic mass is 16.1. The van der Waals surface area contributed by atoms with Crippen LogP contribution in [0.1, 0.15) is 19.8 Å². The van der Waals surface area contributed by atoms with Gasteiger partial charge < -0.3 is 4.90 Å². The van der Waals surface area contributed by atoms with E-state index in [0.29, 0.717) is 17.0 Å². The van der Waals surface area contributed by atoms with Crippen molar-refractivity contribution in [2.75, 3.05) is 18.0 Å². The molecule has 0 atom stereocenters. The van der Waals surface area contributed by atoms with Crippen molar-refractivity contribution in [3.63, 3.8) is 0 Å². The Morgan fingerprint density at radius 2 is 1.57 bits per heavy atom. The van der Waals surface area contributed by atoms with Gasteiger partial charge in [0.2, 0.25) is 5.95 Å². The third-order valence-electron chi connectivity index (χ3n) is 5.98. The number of piperidine rings is 1. The third-order valence-corrected chi connectivity index (χ3v) is 5.98. The van der Waals surface area contributed by atoms with Gasteiger partial charge in [-0.2, -0.15) is 4.98 Å². The van der Waals surface area contributed by atoms with E-state index in [2.05, 4.69) is 58.2 Å². The quantitative estimate of drug-likeness (QED) is 0.536. The number of hydrogen-bond donors (Lipinski definition) is 1. The molecule has 0 amide bonds. The molecule has 2 aromatic carbocycles. The van der Waals surface area contributed by atoms with Gasteiger partial charge >= 0.3 is 0 Å². The third kappa shape index (κ3) is 3.47. The lowest BCUT2D eigenvalue weighted by molar-refractivity contribution is 0.434. The minimum atomic E-state index is -0.135. The van der Waals surface area contributed by atoms with Crippen LogP contribution in [-0.2, 0) is 0 Å². The number of hydrogen-bond acceptors (Lipinski definition) is 4. The van der Waals surface area contributed by atoms with E-state index in [9.17, 15) is 4.79 Å². The van der Waals surface area contributed by atoms with Crippen LogP contribution < -0.4 is 10.5 Å². The van der Waals surface area contributed by atoms with Crippen molar-refractivity contribution in [3.8, 4) is 22.3 Å². The van der Waals surface area contributed by atoms with Crippen molar-refractivity contribution in [3.05, 3.63) is 77.2 Å². The summed E-state index contributed by atoms with van der Waals surface area (Å²) in [6, 6.07) is 20.4. The van der Waals surface area contributed by atoms with E-state index in [0.717, 1.165) is 48.5 Å². The minimum absolute atomic E-state index is 0.135. The van der Waals surface area contributed by atoms with Crippen molar-refractivity contribution >= 4 is 17.0 Å². The first-order chi connectivity index (χ1) is 14.7. The zero-order valence-corrected chi connectivity index (χ0v) is 17.0. The standard InChI is InChI=1S/C25H24N4O/c1-17-12-15-29(16-13-17)25-27-23-22(24(30)28-25)21(11-14-26-23)20-9-7-19(8-10-20)18-5-3-2-4-6-18/h2-11,14,17H,12-13,15-16H2,1H3,(H,26,27,28,30). The molecule has 1 aliphatic rings. The number of nitrogens with one attached hydrogen (secondary N) is 1. The van der Waals surface area contributed by atoms with Crippen LogP contribution in [0.15, 0.2) is 71.7 Å². The molecule has 1 N–H and O–H groups in total. The molecule has 0 spiro atoms. The fourth-order valence-corrected chi connectivity index (χ4v) is 4.14. The van der Waals surface area contributed by atoms with Crippen LogP contribution in [0.4, 0.5) is 5.95 Å². The molecule has 1 aliphatic heterocycles. The second kappa shape index (κ2) is 7.75. The summed E-state index contributed by atoms with van der Waals surface area (Å²) < 4.78 is 0. The summed E-state index contributed by atoms with van der Waals surface area (Å²) in [7, 11) is 0. The van der Waals surface area contributed by atoms with Gasteiger partial charge in [0.05, 0.1) is 5.39 Å². The Kier molecular flexibility index (Phi) is 4.79. The Bertz CT molecular complexity index is 1220. The molecular formula is C25H24N4O. The van der Waals surface area contributed by atoms with Gasteiger partial charge in [0.25, 0.3) is 5.56 Å². The number of rotatable bonds is 3. The molecule has 0 bridgehead atoms. The van der Waals surface area contributed by atoms with Crippen molar-refractivity contribution in [2.24, 2.45) is 5.92 Å². The van der Waals surface area contributed by atoms with E-state index in [-0.39, 0.29) is 5.56 Å². The molecule has 5 nitrogen and oxygen atoms in total. The normalized spacial score (nSPS) is 14.9. The summed E-state index contributed by atoms with van der Waals surface area (Å²) >= 11 is 0. The summed E-state index contributed by atoms with van der Waals surface area (Å²) in [6.07, 6.45) is 3.96.